The number of methoxy groups -OCH3 is 1. The van der Waals surface area contributed by atoms with Gasteiger partial charge in [-0.15, -0.1) is 0 Å². The maximum absolute atomic E-state index is 14.4. The monoisotopic (exact) mass is 455 g/mol. The minimum atomic E-state index is -3.20. The van der Waals surface area contributed by atoms with Crippen molar-refractivity contribution in [2.45, 2.75) is 19.8 Å². The number of ketones is 1. The molecular formula is C24H27F2N5O2. The zero-order chi connectivity index (χ0) is 24.6. The van der Waals surface area contributed by atoms with Crippen LogP contribution >= 0.6 is 0 Å². The minimum absolute atomic E-state index is 0.0195. The van der Waals surface area contributed by atoms with E-state index in [1.165, 1.54) is 24.3 Å². The van der Waals surface area contributed by atoms with Crippen molar-refractivity contribution in [2.75, 3.05) is 31.4 Å². The molecule has 1 heterocycles. The molecule has 1 aromatic carbocycles. The van der Waals surface area contributed by atoms with E-state index >= 15 is 0 Å². The molecule has 33 heavy (non-hydrogen) atoms. The normalized spacial score (nSPS) is 12.3. The van der Waals surface area contributed by atoms with Gasteiger partial charge < -0.3 is 15.0 Å². The zero-order valence-electron chi connectivity index (χ0n) is 19.3. The van der Waals surface area contributed by atoms with Crippen molar-refractivity contribution in [2.24, 2.45) is 4.99 Å². The van der Waals surface area contributed by atoms with E-state index in [1.54, 1.807) is 57.4 Å². The number of nitrogens with one attached hydrogen (secondary N) is 1. The van der Waals surface area contributed by atoms with Gasteiger partial charge in [0.2, 0.25) is 5.95 Å². The summed E-state index contributed by atoms with van der Waals surface area (Å²) in [5.41, 5.74) is 1.03. The number of alkyl halides is 2. The molecule has 0 spiro atoms. The van der Waals surface area contributed by atoms with Crippen LogP contribution in [0.4, 0.5) is 26.2 Å². The Hall–Kier alpha value is -3.88. The van der Waals surface area contributed by atoms with Gasteiger partial charge >= 0.3 is 0 Å². The minimum Gasteiger partial charge on any atom is -0.497 e. The van der Waals surface area contributed by atoms with Crippen LogP contribution in [0, 0.1) is 0 Å². The fourth-order valence-electron chi connectivity index (χ4n) is 2.84. The Morgan fingerprint density at radius 2 is 2.09 bits per heavy atom. The number of allylic oxidation sites excluding steroid dienone is 4. The van der Waals surface area contributed by atoms with Crippen LogP contribution in [0.5, 0.6) is 0 Å². The van der Waals surface area contributed by atoms with E-state index in [1.807, 2.05) is 0 Å². The fraction of sp³-hybridized carbons (Fsp3) is 0.250. The number of carbonyl (C=O) groups excluding carboxylic acids is 1. The second-order valence-corrected chi connectivity index (χ2v) is 7.08. The number of benzene rings is 1. The first kappa shape index (κ1) is 25.4. The SMILES string of the molecule is C=C(/C=C(\C=N/C)Nc1ncc(C(C)(F)F)c(N(C)c2cccc(C(=O)/C=C/C)c2)n1)OC. The Labute approximate surface area is 192 Å². The molecule has 1 aromatic heterocycles. The third kappa shape index (κ3) is 6.80. The Kier molecular flexibility index (Phi) is 8.56. The van der Waals surface area contributed by atoms with Gasteiger partial charge in [0.05, 0.1) is 18.4 Å². The van der Waals surface area contributed by atoms with Crippen LogP contribution < -0.4 is 10.2 Å². The molecular weight excluding hydrogens is 428 g/mol. The molecule has 0 aliphatic rings. The van der Waals surface area contributed by atoms with Gasteiger partial charge in [0, 0.05) is 50.8 Å². The van der Waals surface area contributed by atoms with Gasteiger partial charge in [-0.05, 0) is 25.1 Å². The van der Waals surface area contributed by atoms with Crippen LogP contribution in [-0.4, -0.2) is 43.2 Å². The van der Waals surface area contributed by atoms with E-state index in [9.17, 15) is 13.6 Å². The average Bonchev–Trinajstić information content (AvgIpc) is 2.78. The molecule has 0 amide bonds. The van der Waals surface area contributed by atoms with Crippen LogP contribution in [0.2, 0.25) is 0 Å². The Morgan fingerprint density at radius 1 is 1.36 bits per heavy atom. The lowest BCUT2D eigenvalue weighted by Crippen LogP contribution is -2.21. The summed E-state index contributed by atoms with van der Waals surface area (Å²) >= 11 is 0. The molecule has 0 radical (unpaired) electrons. The fourth-order valence-corrected chi connectivity index (χ4v) is 2.84. The quantitative estimate of drug-likeness (QED) is 0.173. The summed E-state index contributed by atoms with van der Waals surface area (Å²) < 4.78 is 33.8. The van der Waals surface area contributed by atoms with Crippen LogP contribution in [-0.2, 0) is 10.7 Å². The van der Waals surface area contributed by atoms with E-state index in [2.05, 4.69) is 26.9 Å². The average molecular weight is 456 g/mol. The number of hydrogen-bond donors (Lipinski definition) is 1. The number of halogens is 2. The van der Waals surface area contributed by atoms with Gasteiger partial charge in [-0.2, -0.15) is 4.98 Å². The summed E-state index contributed by atoms with van der Waals surface area (Å²) in [6, 6.07) is 6.66. The smallest absolute Gasteiger partial charge is 0.275 e. The molecule has 7 nitrogen and oxygen atoms in total. The predicted molar refractivity (Wildman–Crippen MR) is 128 cm³/mol. The first-order valence-corrected chi connectivity index (χ1v) is 10.0. The Bertz CT molecular complexity index is 1100. The molecule has 0 fully saturated rings. The summed E-state index contributed by atoms with van der Waals surface area (Å²) in [7, 11) is 4.64. The third-order valence-electron chi connectivity index (χ3n) is 4.50. The molecule has 0 atom stereocenters. The van der Waals surface area contributed by atoms with Crippen molar-refractivity contribution in [1.82, 2.24) is 9.97 Å². The van der Waals surface area contributed by atoms with Crippen LogP contribution in [0.3, 0.4) is 0 Å². The van der Waals surface area contributed by atoms with Crippen molar-refractivity contribution in [3.63, 3.8) is 0 Å². The lowest BCUT2D eigenvalue weighted by molar-refractivity contribution is 0.0174. The number of aliphatic imine (C=N–C) groups is 1. The van der Waals surface area contributed by atoms with Gasteiger partial charge in [-0.1, -0.05) is 24.8 Å². The highest BCUT2D eigenvalue weighted by atomic mass is 19.3. The molecule has 0 unspecified atom stereocenters. The van der Waals surface area contributed by atoms with E-state index in [-0.39, 0.29) is 23.1 Å². The molecule has 0 aliphatic carbocycles. The van der Waals surface area contributed by atoms with Crippen molar-refractivity contribution in [3.8, 4) is 0 Å². The lowest BCUT2D eigenvalue weighted by atomic mass is 10.1. The molecule has 0 saturated carbocycles. The highest BCUT2D eigenvalue weighted by Crippen LogP contribution is 2.36. The molecule has 0 bridgehead atoms. The summed E-state index contributed by atoms with van der Waals surface area (Å²) in [5.74, 6) is -2.98. The van der Waals surface area contributed by atoms with Crippen molar-refractivity contribution < 1.29 is 18.3 Å². The number of ether oxygens (including phenoxy) is 1. The van der Waals surface area contributed by atoms with Gasteiger partial charge in [0.1, 0.15) is 11.6 Å². The van der Waals surface area contributed by atoms with E-state index < -0.39 is 5.92 Å². The number of nitrogens with zero attached hydrogens (tertiary/aromatic N) is 4. The second kappa shape index (κ2) is 11.1. The summed E-state index contributed by atoms with van der Waals surface area (Å²) in [4.78, 5) is 26.0. The van der Waals surface area contributed by atoms with E-state index in [4.69, 9.17) is 4.74 Å². The number of aromatic nitrogens is 2. The van der Waals surface area contributed by atoms with Gasteiger partial charge in [-0.3, -0.25) is 9.79 Å². The summed E-state index contributed by atoms with van der Waals surface area (Å²) in [6.07, 6.45) is 7.21. The molecule has 0 saturated heterocycles. The Balaban J connectivity index is 2.54. The van der Waals surface area contributed by atoms with E-state index in [0.29, 0.717) is 22.7 Å². The van der Waals surface area contributed by atoms with Crippen LogP contribution in [0.1, 0.15) is 29.8 Å². The van der Waals surface area contributed by atoms with Gasteiger partial charge in [0.15, 0.2) is 5.78 Å². The van der Waals surface area contributed by atoms with Crippen molar-refractivity contribution in [3.05, 3.63) is 77.9 Å². The highest BCUT2D eigenvalue weighted by Gasteiger charge is 2.31. The largest absolute Gasteiger partial charge is 0.497 e. The predicted octanol–water partition coefficient (Wildman–Crippen LogP) is 5.27. The standard InChI is InChI=1S/C24H27F2N5O2/c1-7-9-21(32)17-10-8-11-19(13-17)31(5)22-20(24(3,25)26)15-28-23(30-22)29-18(14-27-4)12-16(2)33-6/h7-15H,2H2,1,3-6H3,(H,28,29,30)/b9-7+,18-12+,27-14-. The molecule has 174 valence electrons. The maximum atomic E-state index is 14.4. The molecule has 0 aliphatic heterocycles. The molecule has 2 rings (SSSR count). The number of hydrogen-bond acceptors (Lipinski definition) is 7. The third-order valence-corrected chi connectivity index (χ3v) is 4.50. The lowest BCUT2D eigenvalue weighted by Gasteiger charge is -2.24. The maximum Gasteiger partial charge on any atom is 0.275 e. The highest BCUT2D eigenvalue weighted by molar-refractivity contribution is 6.05. The van der Waals surface area contributed by atoms with Gasteiger partial charge in [-0.25, -0.2) is 13.8 Å². The molecule has 1 N–H and O–H groups in total. The first-order chi connectivity index (χ1) is 15.6. The first-order valence-electron chi connectivity index (χ1n) is 10.0. The van der Waals surface area contributed by atoms with Crippen LogP contribution in [0.25, 0.3) is 0 Å². The van der Waals surface area contributed by atoms with E-state index in [0.717, 1.165) is 13.1 Å². The van der Waals surface area contributed by atoms with Crippen molar-refractivity contribution in [1.29, 1.82) is 0 Å². The topological polar surface area (TPSA) is 79.7 Å². The summed E-state index contributed by atoms with van der Waals surface area (Å²) in [5, 5.41) is 2.93. The number of anilines is 3. The Morgan fingerprint density at radius 3 is 2.70 bits per heavy atom. The molecule has 2 aromatic rings. The number of carbonyl (C=O) groups is 1. The number of rotatable bonds is 10. The van der Waals surface area contributed by atoms with Crippen LogP contribution in [0.15, 0.2) is 71.7 Å². The zero-order valence-corrected chi connectivity index (χ0v) is 19.3. The van der Waals surface area contributed by atoms with Gasteiger partial charge in [0.25, 0.3) is 5.92 Å². The summed E-state index contributed by atoms with van der Waals surface area (Å²) in [6.45, 7) is 6.24. The van der Waals surface area contributed by atoms with Crippen molar-refractivity contribution >= 4 is 29.5 Å². The molecule has 9 heteroatoms. The second-order valence-electron chi connectivity index (χ2n) is 7.08.